The number of nitrogens with zero attached hydrogens (tertiary/aromatic N) is 1. The fourth-order valence-electron chi connectivity index (χ4n) is 4.38. The first-order valence-corrected chi connectivity index (χ1v) is 18.0. The van der Waals surface area contributed by atoms with E-state index in [1.165, 1.54) is 39.1 Å². The molecule has 158 valence electrons. The standard InChI is InChI=1S/C27H38NSi2/c1-19-11-13-22(14-12-19)24-17-23(20(2)16-26(24)29(5,6)7)25-15-21(3)27(18-28(25)4)30(8,9)10/h11-18H,1-10H3/q+1. The summed E-state index contributed by atoms with van der Waals surface area (Å²) in [6.45, 7) is 21.4. The monoisotopic (exact) mass is 432 g/mol. The minimum Gasteiger partial charge on any atom is -0.201 e. The maximum Gasteiger partial charge on any atom is 0.212 e. The minimum atomic E-state index is -1.49. The summed E-state index contributed by atoms with van der Waals surface area (Å²) >= 11 is 0. The highest BCUT2D eigenvalue weighted by molar-refractivity contribution is 6.90. The molecule has 0 aliphatic carbocycles. The molecule has 1 heterocycles. The minimum absolute atomic E-state index is 1.31. The van der Waals surface area contributed by atoms with Crippen molar-refractivity contribution in [3.63, 3.8) is 0 Å². The predicted molar refractivity (Wildman–Crippen MR) is 139 cm³/mol. The Bertz CT molecular complexity index is 1080. The van der Waals surface area contributed by atoms with Gasteiger partial charge >= 0.3 is 0 Å². The lowest BCUT2D eigenvalue weighted by Gasteiger charge is -2.24. The van der Waals surface area contributed by atoms with Crippen molar-refractivity contribution in [2.24, 2.45) is 7.05 Å². The van der Waals surface area contributed by atoms with Crippen molar-refractivity contribution in [3.8, 4) is 22.4 Å². The molecule has 3 aromatic rings. The molecule has 1 aromatic heterocycles. The van der Waals surface area contributed by atoms with E-state index in [4.69, 9.17) is 0 Å². The van der Waals surface area contributed by atoms with E-state index in [-0.39, 0.29) is 0 Å². The molecule has 0 aliphatic heterocycles. The second-order valence-corrected chi connectivity index (χ2v) is 21.0. The van der Waals surface area contributed by atoms with Gasteiger partial charge in [0.2, 0.25) is 5.69 Å². The molecule has 3 heteroatoms. The molecule has 0 saturated heterocycles. The van der Waals surface area contributed by atoms with E-state index < -0.39 is 16.1 Å². The molecule has 0 radical (unpaired) electrons. The summed E-state index contributed by atoms with van der Waals surface area (Å²) in [5, 5.41) is 3.09. The van der Waals surface area contributed by atoms with Crippen LogP contribution in [0.3, 0.4) is 0 Å². The van der Waals surface area contributed by atoms with Crippen LogP contribution in [0.4, 0.5) is 0 Å². The SMILES string of the molecule is Cc1ccc(-c2cc(-c3cc(C)c([Si](C)(C)C)c[n+]3C)c(C)cc2[Si](C)(C)C)cc1. The van der Waals surface area contributed by atoms with E-state index in [9.17, 15) is 0 Å². The van der Waals surface area contributed by atoms with Gasteiger partial charge in [-0.15, -0.1) is 0 Å². The molecule has 0 fully saturated rings. The third-order valence-electron chi connectivity index (χ3n) is 6.10. The first-order chi connectivity index (χ1) is 13.8. The van der Waals surface area contributed by atoms with Crippen molar-refractivity contribution in [1.29, 1.82) is 0 Å². The Balaban J connectivity index is 2.28. The van der Waals surface area contributed by atoms with Crippen LogP contribution in [0.2, 0.25) is 39.3 Å². The third-order valence-corrected chi connectivity index (χ3v) is 10.3. The van der Waals surface area contributed by atoms with Gasteiger partial charge in [-0.3, -0.25) is 0 Å². The molecule has 0 spiro atoms. The van der Waals surface area contributed by atoms with Crippen molar-refractivity contribution in [1.82, 2.24) is 0 Å². The van der Waals surface area contributed by atoms with Crippen molar-refractivity contribution in [2.45, 2.75) is 60.1 Å². The third kappa shape index (κ3) is 4.52. The first-order valence-electron chi connectivity index (χ1n) is 11.0. The van der Waals surface area contributed by atoms with Crippen LogP contribution in [0.25, 0.3) is 22.4 Å². The Labute approximate surface area is 185 Å². The Morgan fingerprint density at radius 3 is 1.73 bits per heavy atom. The van der Waals surface area contributed by atoms with Gasteiger partial charge < -0.3 is 0 Å². The van der Waals surface area contributed by atoms with Crippen molar-refractivity contribution < 1.29 is 4.57 Å². The van der Waals surface area contributed by atoms with E-state index in [1.807, 2.05) is 0 Å². The smallest absolute Gasteiger partial charge is 0.201 e. The highest BCUT2D eigenvalue weighted by Crippen LogP contribution is 2.29. The van der Waals surface area contributed by atoms with Crippen LogP contribution in [-0.2, 0) is 7.05 Å². The fourth-order valence-corrected chi connectivity index (χ4v) is 7.89. The summed E-state index contributed by atoms with van der Waals surface area (Å²) in [5.74, 6) is 0. The van der Waals surface area contributed by atoms with Crippen LogP contribution in [0.15, 0.2) is 48.7 Å². The molecule has 0 aliphatic rings. The van der Waals surface area contributed by atoms with E-state index in [2.05, 4.69) is 120 Å². The molecule has 0 unspecified atom stereocenters. The lowest BCUT2D eigenvalue weighted by molar-refractivity contribution is -0.659. The lowest BCUT2D eigenvalue weighted by Crippen LogP contribution is -2.46. The summed E-state index contributed by atoms with van der Waals surface area (Å²) in [6, 6.07) is 16.4. The van der Waals surface area contributed by atoms with Crippen molar-refractivity contribution >= 4 is 26.5 Å². The molecule has 3 rings (SSSR count). The van der Waals surface area contributed by atoms with Crippen LogP contribution in [0, 0.1) is 20.8 Å². The topological polar surface area (TPSA) is 3.88 Å². The maximum absolute atomic E-state index is 2.47. The average Bonchev–Trinajstić information content (AvgIpc) is 2.62. The van der Waals surface area contributed by atoms with E-state index >= 15 is 0 Å². The van der Waals surface area contributed by atoms with Crippen LogP contribution >= 0.6 is 0 Å². The van der Waals surface area contributed by atoms with Gasteiger partial charge in [0.25, 0.3) is 0 Å². The Kier molecular flexibility index (Phi) is 6.01. The first kappa shape index (κ1) is 22.7. The number of hydrogen-bond acceptors (Lipinski definition) is 0. The fraction of sp³-hybridized carbons (Fsp3) is 0.370. The van der Waals surface area contributed by atoms with Crippen molar-refractivity contribution in [3.05, 3.63) is 65.4 Å². The quantitative estimate of drug-likeness (QED) is 0.359. The molecule has 0 amide bonds. The molecule has 0 bridgehead atoms. The molecule has 0 saturated carbocycles. The van der Waals surface area contributed by atoms with Gasteiger partial charge in [0, 0.05) is 16.8 Å². The van der Waals surface area contributed by atoms with Gasteiger partial charge in [-0.1, -0.05) is 80.4 Å². The lowest BCUT2D eigenvalue weighted by atomic mass is 9.96. The molecule has 0 atom stereocenters. The zero-order valence-corrected chi connectivity index (χ0v) is 22.6. The Morgan fingerprint density at radius 2 is 1.20 bits per heavy atom. The van der Waals surface area contributed by atoms with Crippen LogP contribution in [-0.4, -0.2) is 16.1 Å². The van der Waals surface area contributed by atoms with Gasteiger partial charge in [-0.25, -0.2) is 4.57 Å². The number of aryl methyl sites for hydroxylation is 4. The predicted octanol–water partition coefficient (Wildman–Crippen LogP) is 5.86. The summed E-state index contributed by atoms with van der Waals surface area (Å²) < 4.78 is 2.34. The number of pyridine rings is 1. The van der Waals surface area contributed by atoms with Crippen molar-refractivity contribution in [2.75, 3.05) is 0 Å². The van der Waals surface area contributed by atoms with Gasteiger partial charge in [0.05, 0.1) is 16.1 Å². The second-order valence-electron chi connectivity index (χ2n) is 10.9. The molecule has 2 aromatic carbocycles. The van der Waals surface area contributed by atoms with Gasteiger partial charge in [0.15, 0.2) is 6.20 Å². The van der Waals surface area contributed by atoms with Crippen LogP contribution in [0.5, 0.6) is 0 Å². The zero-order chi connectivity index (χ0) is 22.4. The van der Waals surface area contributed by atoms with Gasteiger partial charge in [-0.2, -0.15) is 0 Å². The normalized spacial score (nSPS) is 12.3. The molecule has 1 nitrogen and oxygen atoms in total. The second kappa shape index (κ2) is 7.94. The number of aromatic nitrogens is 1. The Hall–Kier alpha value is -1.98. The average molecular weight is 433 g/mol. The summed E-state index contributed by atoms with van der Waals surface area (Å²) in [6.07, 6.45) is 2.38. The van der Waals surface area contributed by atoms with Gasteiger partial charge in [-0.05, 0) is 49.1 Å². The van der Waals surface area contributed by atoms with E-state index in [1.54, 1.807) is 10.4 Å². The largest absolute Gasteiger partial charge is 0.212 e. The van der Waals surface area contributed by atoms with E-state index in [0.29, 0.717) is 0 Å². The summed E-state index contributed by atoms with van der Waals surface area (Å²) in [5.41, 5.74) is 9.50. The Morgan fingerprint density at radius 1 is 0.633 bits per heavy atom. The maximum atomic E-state index is 2.47. The highest BCUT2D eigenvalue weighted by Gasteiger charge is 2.27. The summed E-state index contributed by atoms with van der Waals surface area (Å²) in [7, 11) is -0.650. The zero-order valence-electron chi connectivity index (χ0n) is 20.6. The van der Waals surface area contributed by atoms with Crippen LogP contribution < -0.4 is 14.9 Å². The highest BCUT2D eigenvalue weighted by atomic mass is 28.3. The number of rotatable bonds is 4. The molecular formula is C27H38NSi2+. The van der Waals surface area contributed by atoms with Crippen LogP contribution in [0.1, 0.15) is 16.7 Å². The molecular weight excluding hydrogens is 394 g/mol. The van der Waals surface area contributed by atoms with E-state index in [0.717, 1.165) is 0 Å². The van der Waals surface area contributed by atoms with Gasteiger partial charge in [0.1, 0.15) is 7.05 Å². The number of benzene rings is 2. The number of hydrogen-bond donors (Lipinski definition) is 0. The molecule has 0 N–H and O–H groups in total. The summed E-state index contributed by atoms with van der Waals surface area (Å²) in [4.78, 5) is 0. The molecule has 30 heavy (non-hydrogen) atoms.